The van der Waals surface area contributed by atoms with Crippen molar-refractivity contribution in [2.45, 2.75) is 6.92 Å². The van der Waals surface area contributed by atoms with Gasteiger partial charge in [-0.15, -0.1) is 0 Å². The van der Waals surface area contributed by atoms with Crippen LogP contribution in [0.5, 0.6) is 0 Å². The lowest BCUT2D eigenvalue weighted by Gasteiger charge is -2.23. The highest BCUT2D eigenvalue weighted by Crippen LogP contribution is 2.08. The van der Waals surface area contributed by atoms with Gasteiger partial charge in [0, 0.05) is 5.69 Å². The van der Waals surface area contributed by atoms with Crippen LogP contribution in [0.4, 0.5) is 14.9 Å². The molecule has 1 unspecified atom stereocenters. The maximum Gasteiger partial charge on any atom is 0.337 e. The first-order valence-corrected chi connectivity index (χ1v) is 8.19. The van der Waals surface area contributed by atoms with Gasteiger partial charge in [0.1, 0.15) is 12.4 Å². The van der Waals surface area contributed by atoms with Crippen molar-refractivity contribution < 1.29 is 28.4 Å². The third-order valence-corrected chi connectivity index (χ3v) is 3.63. The fraction of sp³-hybridized carbons (Fsp3) is 0.353. The van der Waals surface area contributed by atoms with Gasteiger partial charge in [0.2, 0.25) is 0 Å². The average Bonchev–Trinajstić information content (AvgIpc) is 2.54. The van der Waals surface area contributed by atoms with E-state index in [-0.39, 0.29) is 32.1 Å². The van der Waals surface area contributed by atoms with E-state index in [2.05, 4.69) is 16.0 Å². The minimum atomic E-state index is -0.507. The molecule has 9 heteroatoms. The van der Waals surface area contributed by atoms with Crippen molar-refractivity contribution in [2.24, 2.45) is 0 Å². The lowest BCUT2D eigenvalue weighted by atomic mass is 10.1. The van der Waals surface area contributed by atoms with Crippen molar-refractivity contribution in [2.75, 3.05) is 38.6 Å². The Morgan fingerprint density at radius 1 is 1.38 bits per heavy atom. The molecular weight excluding hydrogens is 343 g/mol. The molecule has 1 atom stereocenters. The number of urea groups is 1. The molecular formula is C17H22FN4O4+. The van der Waals surface area contributed by atoms with E-state index in [1.165, 1.54) is 18.2 Å². The first-order valence-electron chi connectivity index (χ1n) is 8.19. The predicted octanol–water partition coefficient (Wildman–Crippen LogP) is -0.591. The molecule has 1 heterocycles. The SMILES string of the molecule is CCOC(=O)C1=C(C[NH+](C)CC(=O)Nc2cccc(F)c2)NC(=O)NC1. The van der Waals surface area contributed by atoms with E-state index in [1.54, 1.807) is 20.0 Å². The highest BCUT2D eigenvalue weighted by molar-refractivity contribution is 5.94. The Morgan fingerprint density at radius 3 is 2.85 bits per heavy atom. The first-order chi connectivity index (χ1) is 12.4. The summed E-state index contributed by atoms with van der Waals surface area (Å²) in [4.78, 5) is 36.4. The minimum absolute atomic E-state index is 0.0689. The largest absolute Gasteiger partial charge is 0.463 e. The van der Waals surface area contributed by atoms with E-state index in [1.807, 2.05) is 0 Å². The summed E-state index contributed by atoms with van der Waals surface area (Å²) >= 11 is 0. The van der Waals surface area contributed by atoms with Crippen molar-refractivity contribution in [3.05, 3.63) is 41.4 Å². The van der Waals surface area contributed by atoms with Gasteiger partial charge in [-0.2, -0.15) is 0 Å². The van der Waals surface area contributed by atoms with Crippen molar-refractivity contribution in [1.82, 2.24) is 10.6 Å². The Kier molecular flexibility index (Phi) is 6.67. The van der Waals surface area contributed by atoms with E-state index in [0.717, 1.165) is 4.90 Å². The van der Waals surface area contributed by atoms with Crippen LogP contribution in [0.3, 0.4) is 0 Å². The molecule has 0 spiro atoms. The topological polar surface area (TPSA) is 101 Å². The van der Waals surface area contributed by atoms with Gasteiger partial charge >= 0.3 is 12.0 Å². The van der Waals surface area contributed by atoms with Crippen LogP contribution in [0.25, 0.3) is 0 Å². The summed E-state index contributed by atoms with van der Waals surface area (Å²) in [6.07, 6.45) is 0. The number of benzene rings is 1. The number of halogens is 1. The average molecular weight is 365 g/mol. The monoisotopic (exact) mass is 365 g/mol. The number of esters is 1. The zero-order valence-corrected chi connectivity index (χ0v) is 14.6. The molecule has 1 aliphatic heterocycles. The number of hydrogen-bond donors (Lipinski definition) is 4. The van der Waals surface area contributed by atoms with Crippen LogP contribution in [-0.2, 0) is 14.3 Å². The van der Waals surface area contributed by atoms with E-state index in [9.17, 15) is 18.8 Å². The van der Waals surface area contributed by atoms with Crippen molar-refractivity contribution in [3.8, 4) is 0 Å². The van der Waals surface area contributed by atoms with Crippen LogP contribution in [-0.4, -0.2) is 51.2 Å². The molecule has 0 saturated carbocycles. The van der Waals surface area contributed by atoms with E-state index >= 15 is 0 Å². The number of carbonyl (C=O) groups is 3. The second-order valence-electron chi connectivity index (χ2n) is 5.85. The number of quaternary nitrogens is 1. The molecule has 1 aromatic rings. The molecule has 0 aromatic heterocycles. The van der Waals surface area contributed by atoms with Crippen LogP contribution in [0.15, 0.2) is 35.5 Å². The molecule has 26 heavy (non-hydrogen) atoms. The van der Waals surface area contributed by atoms with E-state index in [4.69, 9.17) is 4.74 Å². The highest BCUT2D eigenvalue weighted by Gasteiger charge is 2.26. The number of carbonyl (C=O) groups excluding carboxylic acids is 3. The quantitative estimate of drug-likeness (QED) is 0.485. The molecule has 2 rings (SSSR count). The number of ether oxygens (including phenoxy) is 1. The second kappa shape index (κ2) is 8.95. The Bertz CT molecular complexity index is 735. The summed E-state index contributed by atoms with van der Waals surface area (Å²) in [5.41, 5.74) is 1.11. The Hall–Kier alpha value is -2.94. The summed E-state index contributed by atoms with van der Waals surface area (Å²) in [6, 6.07) is 5.19. The van der Waals surface area contributed by atoms with Crippen LogP contribution in [0, 0.1) is 5.82 Å². The predicted molar refractivity (Wildman–Crippen MR) is 91.8 cm³/mol. The van der Waals surface area contributed by atoms with Gasteiger partial charge in [0.25, 0.3) is 5.91 Å². The molecule has 0 radical (unpaired) electrons. The molecule has 0 fully saturated rings. The lowest BCUT2D eigenvalue weighted by molar-refractivity contribution is -0.866. The lowest BCUT2D eigenvalue weighted by Crippen LogP contribution is -3.10. The normalized spacial score (nSPS) is 15.0. The first kappa shape index (κ1) is 19.4. The summed E-state index contributed by atoms with van der Waals surface area (Å²) in [5.74, 6) is -1.26. The molecule has 0 saturated heterocycles. The number of hydrogen-bond acceptors (Lipinski definition) is 4. The molecule has 1 aromatic carbocycles. The van der Waals surface area contributed by atoms with Gasteiger partial charge < -0.3 is 25.6 Å². The van der Waals surface area contributed by atoms with Crippen LogP contribution >= 0.6 is 0 Å². The van der Waals surface area contributed by atoms with Gasteiger partial charge in [-0.05, 0) is 25.1 Å². The van der Waals surface area contributed by atoms with Gasteiger partial charge in [0.15, 0.2) is 6.54 Å². The third kappa shape index (κ3) is 5.55. The van der Waals surface area contributed by atoms with Crippen molar-refractivity contribution in [1.29, 1.82) is 0 Å². The Balaban J connectivity index is 1.99. The molecule has 1 aliphatic rings. The Morgan fingerprint density at radius 2 is 2.15 bits per heavy atom. The third-order valence-electron chi connectivity index (χ3n) is 3.63. The molecule has 0 bridgehead atoms. The van der Waals surface area contributed by atoms with Gasteiger partial charge in [-0.1, -0.05) is 6.07 Å². The van der Waals surface area contributed by atoms with Gasteiger partial charge in [0.05, 0.1) is 31.5 Å². The summed E-state index contributed by atoms with van der Waals surface area (Å²) in [7, 11) is 1.75. The number of nitrogens with one attached hydrogen (secondary N) is 4. The van der Waals surface area contributed by atoms with Gasteiger partial charge in [-0.25, -0.2) is 14.0 Å². The number of rotatable bonds is 7. The molecule has 3 amide bonds. The van der Waals surface area contributed by atoms with Crippen molar-refractivity contribution >= 4 is 23.6 Å². The fourth-order valence-corrected chi connectivity index (χ4v) is 2.51. The standard InChI is InChI=1S/C17H21FN4O4/c1-3-26-16(24)13-8-19-17(25)21-14(13)9-22(2)10-15(23)20-12-6-4-5-11(18)7-12/h4-7H,3,8-10H2,1-2H3,(H,20,23)(H2,19,21,25)/p+1. The number of likely N-dealkylation sites (N-methyl/N-ethyl adjacent to an activating group) is 1. The zero-order chi connectivity index (χ0) is 19.1. The molecule has 0 aliphatic carbocycles. The number of amides is 3. The second-order valence-corrected chi connectivity index (χ2v) is 5.85. The summed E-state index contributed by atoms with van der Waals surface area (Å²) < 4.78 is 18.1. The van der Waals surface area contributed by atoms with Crippen molar-refractivity contribution in [3.63, 3.8) is 0 Å². The summed E-state index contributed by atoms with van der Waals surface area (Å²) in [5, 5.41) is 7.72. The fourth-order valence-electron chi connectivity index (χ4n) is 2.51. The van der Waals surface area contributed by atoms with Crippen LogP contribution in [0.1, 0.15) is 6.92 Å². The Labute approximate surface area is 150 Å². The zero-order valence-electron chi connectivity index (χ0n) is 14.6. The maximum absolute atomic E-state index is 13.2. The van der Waals surface area contributed by atoms with E-state index in [0.29, 0.717) is 17.0 Å². The summed E-state index contributed by atoms with van der Waals surface area (Å²) in [6.45, 7) is 2.31. The van der Waals surface area contributed by atoms with Crippen LogP contribution in [0.2, 0.25) is 0 Å². The minimum Gasteiger partial charge on any atom is -0.463 e. The molecule has 140 valence electrons. The van der Waals surface area contributed by atoms with Crippen LogP contribution < -0.4 is 20.9 Å². The smallest absolute Gasteiger partial charge is 0.337 e. The van der Waals surface area contributed by atoms with Gasteiger partial charge in [-0.3, -0.25) is 4.79 Å². The molecule has 8 nitrogen and oxygen atoms in total. The van der Waals surface area contributed by atoms with E-state index < -0.39 is 17.8 Å². The maximum atomic E-state index is 13.2. The highest BCUT2D eigenvalue weighted by atomic mass is 19.1. The molecule has 4 N–H and O–H groups in total. The number of anilines is 1.